The molecule has 4 fully saturated rings. The van der Waals surface area contributed by atoms with Gasteiger partial charge in [0.2, 0.25) is 11.8 Å². The average Bonchev–Trinajstić information content (AvgIpc) is 3.56. The molecule has 230 valence electrons. The van der Waals surface area contributed by atoms with E-state index in [4.69, 9.17) is 14.9 Å². The maximum Gasteiger partial charge on any atom is 0.328 e. The molecule has 0 bridgehead atoms. The highest BCUT2D eigenvalue weighted by Gasteiger charge is 2.52. The predicted octanol–water partition coefficient (Wildman–Crippen LogP) is 2.33. The van der Waals surface area contributed by atoms with Gasteiger partial charge in [-0.05, 0) is 63.6 Å². The highest BCUT2D eigenvalue weighted by Crippen LogP contribution is 2.39. The molecular formula is C30H40FN3O8. The van der Waals surface area contributed by atoms with Gasteiger partial charge in [0, 0.05) is 44.9 Å². The third-order valence-electron chi connectivity index (χ3n) is 8.44. The highest BCUT2D eigenvalue weighted by molar-refractivity contribution is 6.05. The summed E-state index contributed by atoms with van der Waals surface area (Å²) in [4.78, 5) is 50.5. The van der Waals surface area contributed by atoms with Gasteiger partial charge in [0.1, 0.15) is 11.9 Å². The van der Waals surface area contributed by atoms with Crippen LogP contribution in [-0.2, 0) is 19.2 Å². The number of halogens is 1. The normalized spacial score (nSPS) is 26.7. The number of amides is 2. The minimum atomic E-state index is -1.41. The summed E-state index contributed by atoms with van der Waals surface area (Å²) in [5.41, 5.74) is 1.17. The van der Waals surface area contributed by atoms with Crippen molar-refractivity contribution in [2.24, 2.45) is 11.8 Å². The summed E-state index contributed by atoms with van der Waals surface area (Å²) in [6.45, 7) is 4.84. The summed E-state index contributed by atoms with van der Waals surface area (Å²) in [6, 6.07) is 8.32. The van der Waals surface area contributed by atoms with Gasteiger partial charge in [0.15, 0.2) is 0 Å². The number of imide groups is 1. The van der Waals surface area contributed by atoms with E-state index in [0.29, 0.717) is 31.2 Å². The number of aliphatic hydroxyl groups is 1. The second kappa shape index (κ2) is 14.6. The number of alkyl halides is 1. The fourth-order valence-electron chi connectivity index (χ4n) is 6.22. The van der Waals surface area contributed by atoms with Crippen molar-refractivity contribution in [1.29, 1.82) is 0 Å². The van der Waals surface area contributed by atoms with E-state index >= 15 is 0 Å². The molecule has 4 unspecified atom stereocenters. The Morgan fingerprint density at radius 2 is 1.50 bits per heavy atom. The SMILES string of the molecule is O=C(O)/C=C\C(=O)O.O=C1C2CC(O)C(F)CC2C(=O)N1CCCN1CCN(c2ccccc2OC2CCCC2)CC1. The number of likely N-dealkylation sites (tertiary alicyclic amines) is 1. The zero-order valence-corrected chi connectivity index (χ0v) is 23.6. The van der Waals surface area contributed by atoms with E-state index in [9.17, 15) is 28.7 Å². The number of carbonyl (C=O) groups is 4. The average molecular weight is 590 g/mol. The van der Waals surface area contributed by atoms with Crippen LogP contribution in [0.1, 0.15) is 44.9 Å². The zero-order valence-electron chi connectivity index (χ0n) is 23.6. The third kappa shape index (κ3) is 8.07. The van der Waals surface area contributed by atoms with Crippen molar-refractivity contribution in [2.45, 2.75) is 63.3 Å². The molecule has 0 spiro atoms. The number of nitrogens with zero attached hydrogens (tertiary/aromatic N) is 3. The largest absolute Gasteiger partial charge is 0.488 e. The second-order valence-corrected chi connectivity index (χ2v) is 11.3. The Morgan fingerprint density at radius 1 is 0.905 bits per heavy atom. The first-order valence-corrected chi connectivity index (χ1v) is 14.7. The Balaban J connectivity index is 0.000000446. The van der Waals surface area contributed by atoms with Crippen molar-refractivity contribution >= 4 is 29.4 Å². The van der Waals surface area contributed by atoms with Gasteiger partial charge in [-0.25, -0.2) is 14.0 Å². The van der Waals surface area contributed by atoms with Crippen LogP contribution in [0, 0.1) is 11.8 Å². The summed E-state index contributed by atoms with van der Waals surface area (Å²) in [5, 5.41) is 25.4. The molecule has 2 aliphatic heterocycles. The molecule has 12 heteroatoms. The van der Waals surface area contributed by atoms with E-state index in [2.05, 4.69) is 28.0 Å². The minimum absolute atomic E-state index is 0.0409. The van der Waals surface area contributed by atoms with Crippen molar-refractivity contribution < 1.29 is 43.6 Å². The Bertz CT molecular complexity index is 1110. The lowest BCUT2D eigenvalue weighted by molar-refractivity contribution is -0.140. The number of carboxylic acid groups (broad SMARTS) is 2. The number of carboxylic acids is 2. The summed E-state index contributed by atoms with van der Waals surface area (Å²) >= 11 is 0. The number of piperazine rings is 1. The molecule has 0 radical (unpaired) electrons. The van der Waals surface area contributed by atoms with Crippen molar-refractivity contribution in [2.75, 3.05) is 44.2 Å². The number of aliphatic carboxylic acids is 2. The molecule has 42 heavy (non-hydrogen) atoms. The number of hydrogen-bond acceptors (Lipinski definition) is 8. The first kappa shape index (κ1) is 31.4. The van der Waals surface area contributed by atoms with Crippen LogP contribution >= 0.6 is 0 Å². The molecule has 2 heterocycles. The number of rotatable bonds is 9. The number of benzene rings is 1. The van der Waals surface area contributed by atoms with Gasteiger partial charge < -0.3 is 25.0 Å². The molecule has 5 rings (SSSR count). The van der Waals surface area contributed by atoms with Crippen LogP contribution in [-0.4, -0.2) is 107 Å². The Kier molecular flexibility index (Phi) is 10.9. The van der Waals surface area contributed by atoms with E-state index in [1.165, 1.54) is 23.4 Å². The van der Waals surface area contributed by atoms with Crippen molar-refractivity contribution in [3.63, 3.8) is 0 Å². The van der Waals surface area contributed by atoms with Crippen LogP contribution in [0.5, 0.6) is 5.75 Å². The molecule has 4 atom stereocenters. The summed E-state index contributed by atoms with van der Waals surface area (Å²) in [6.07, 6.45) is 4.40. The molecular weight excluding hydrogens is 549 g/mol. The lowest BCUT2D eigenvalue weighted by atomic mass is 9.78. The minimum Gasteiger partial charge on any atom is -0.488 e. The third-order valence-corrected chi connectivity index (χ3v) is 8.44. The maximum absolute atomic E-state index is 13.9. The Morgan fingerprint density at radius 3 is 2.12 bits per heavy atom. The first-order valence-electron chi connectivity index (χ1n) is 14.7. The van der Waals surface area contributed by atoms with Crippen LogP contribution in [0.25, 0.3) is 0 Å². The number of hydrogen-bond donors (Lipinski definition) is 3. The van der Waals surface area contributed by atoms with Gasteiger partial charge in [-0.1, -0.05) is 12.1 Å². The van der Waals surface area contributed by atoms with Gasteiger partial charge in [0.25, 0.3) is 0 Å². The molecule has 2 saturated heterocycles. The number of fused-ring (bicyclic) bond motifs is 1. The summed E-state index contributed by atoms with van der Waals surface area (Å²) in [5.74, 6) is -3.17. The van der Waals surface area contributed by atoms with Crippen molar-refractivity contribution in [3.05, 3.63) is 36.4 Å². The fourth-order valence-corrected chi connectivity index (χ4v) is 6.22. The predicted molar refractivity (Wildman–Crippen MR) is 151 cm³/mol. The van der Waals surface area contributed by atoms with Crippen LogP contribution in [0.4, 0.5) is 10.1 Å². The quantitative estimate of drug-likeness (QED) is 0.290. The molecule has 2 amide bonds. The smallest absolute Gasteiger partial charge is 0.328 e. The molecule has 11 nitrogen and oxygen atoms in total. The van der Waals surface area contributed by atoms with Crippen molar-refractivity contribution in [1.82, 2.24) is 9.80 Å². The van der Waals surface area contributed by atoms with Crippen LogP contribution in [0.3, 0.4) is 0 Å². The fraction of sp³-hybridized carbons (Fsp3) is 0.600. The number of carbonyl (C=O) groups excluding carboxylic acids is 2. The molecule has 4 aliphatic rings. The molecule has 0 aromatic heterocycles. The Hall–Kier alpha value is -3.51. The molecule has 2 saturated carbocycles. The Labute approximate surface area is 244 Å². The monoisotopic (exact) mass is 589 g/mol. The highest BCUT2D eigenvalue weighted by atomic mass is 19.1. The van der Waals surface area contributed by atoms with Gasteiger partial charge >= 0.3 is 11.9 Å². The van der Waals surface area contributed by atoms with Gasteiger partial charge in [-0.2, -0.15) is 0 Å². The lowest BCUT2D eigenvalue weighted by Gasteiger charge is -2.37. The maximum atomic E-state index is 13.9. The van der Waals surface area contributed by atoms with Crippen molar-refractivity contribution in [3.8, 4) is 5.75 Å². The van der Waals surface area contributed by atoms with Gasteiger partial charge in [0.05, 0.1) is 29.7 Å². The summed E-state index contributed by atoms with van der Waals surface area (Å²) in [7, 11) is 0. The lowest BCUT2D eigenvalue weighted by Crippen LogP contribution is -2.47. The van der Waals surface area contributed by atoms with E-state index in [1.54, 1.807) is 0 Å². The second-order valence-electron chi connectivity index (χ2n) is 11.3. The number of para-hydroxylation sites is 2. The van der Waals surface area contributed by atoms with E-state index in [1.807, 2.05) is 6.07 Å². The first-order chi connectivity index (χ1) is 20.1. The van der Waals surface area contributed by atoms with Crippen LogP contribution in [0.15, 0.2) is 36.4 Å². The number of ether oxygens (including phenoxy) is 1. The van der Waals surface area contributed by atoms with E-state index in [-0.39, 0.29) is 24.7 Å². The molecule has 1 aromatic rings. The molecule has 3 N–H and O–H groups in total. The van der Waals surface area contributed by atoms with Crippen LogP contribution < -0.4 is 9.64 Å². The van der Waals surface area contributed by atoms with Gasteiger partial charge in [-0.3, -0.25) is 19.4 Å². The van der Waals surface area contributed by atoms with E-state index < -0.39 is 36.1 Å². The number of anilines is 1. The van der Waals surface area contributed by atoms with E-state index in [0.717, 1.165) is 51.3 Å². The summed E-state index contributed by atoms with van der Waals surface area (Å²) < 4.78 is 20.2. The van der Waals surface area contributed by atoms with Crippen LogP contribution in [0.2, 0.25) is 0 Å². The standard InChI is InChI=1S/C26H36FN3O4.C4H4O4/c27-21-16-19-20(17-23(21)31)26(33)30(25(19)32)11-5-10-28-12-14-29(15-13-28)22-8-3-4-9-24(22)34-18-6-1-2-7-18;5-3(6)1-2-4(7)8/h3-4,8-9,18-21,23,31H,1-2,5-7,10-17H2;1-2H,(H,5,6)(H,7,8)/b;2-1-. The molecule has 2 aliphatic carbocycles. The topological polar surface area (TPSA) is 148 Å². The molecule has 1 aromatic carbocycles. The zero-order chi connectivity index (χ0) is 30.2. The number of aliphatic hydroxyl groups excluding tert-OH is 1. The van der Waals surface area contributed by atoms with Gasteiger partial charge in [-0.15, -0.1) is 0 Å².